The molecule has 1 heterocycles. The Balaban J connectivity index is 1.99. The van der Waals surface area contributed by atoms with Gasteiger partial charge in [-0.05, 0) is 25.9 Å². The van der Waals surface area contributed by atoms with Crippen molar-refractivity contribution in [3.63, 3.8) is 0 Å². The van der Waals surface area contributed by atoms with Gasteiger partial charge in [0.05, 0.1) is 0 Å². The Labute approximate surface area is 85.8 Å². The van der Waals surface area contributed by atoms with Gasteiger partial charge in [-0.2, -0.15) is 0 Å². The Hall–Kier alpha value is -0.610. The van der Waals surface area contributed by atoms with Gasteiger partial charge in [0.1, 0.15) is 0 Å². The number of carbonyl (C=O) groups excluding carboxylic acids is 1. The van der Waals surface area contributed by atoms with E-state index in [1.54, 1.807) is 0 Å². The Kier molecular flexibility index (Phi) is 5.56. The van der Waals surface area contributed by atoms with Crippen LogP contribution >= 0.6 is 0 Å². The molecule has 4 nitrogen and oxygen atoms in total. The normalized spacial score (nSPS) is 18.1. The summed E-state index contributed by atoms with van der Waals surface area (Å²) < 4.78 is 0. The number of nitrogens with one attached hydrogen (secondary N) is 1. The van der Waals surface area contributed by atoms with E-state index in [9.17, 15) is 4.79 Å². The summed E-state index contributed by atoms with van der Waals surface area (Å²) in [6.45, 7) is 4.56. The summed E-state index contributed by atoms with van der Waals surface area (Å²) in [5.41, 5.74) is 5.27. The summed E-state index contributed by atoms with van der Waals surface area (Å²) in [5.74, 6) is 0.0736. The first-order chi connectivity index (χ1) is 6.83. The number of piperidine rings is 1. The second kappa shape index (κ2) is 6.79. The van der Waals surface area contributed by atoms with Crippen LogP contribution in [0.5, 0.6) is 0 Å². The van der Waals surface area contributed by atoms with E-state index >= 15 is 0 Å². The molecule has 0 radical (unpaired) electrons. The molecule has 0 bridgehead atoms. The lowest BCUT2D eigenvalue weighted by Gasteiger charge is -2.26. The molecule has 0 saturated carbocycles. The molecule has 1 rings (SSSR count). The lowest BCUT2D eigenvalue weighted by molar-refractivity contribution is -0.120. The maximum Gasteiger partial charge on any atom is 0.221 e. The highest BCUT2D eigenvalue weighted by atomic mass is 16.1. The van der Waals surface area contributed by atoms with Crippen molar-refractivity contribution in [1.82, 2.24) is 10.2 Å². The van der Waals surface area contributed by atoms with Gasteiger partial charge < -0.3 is 16.0 Å². The molecule has 0 spiro atoms. The smallest absolute Gasteiger partial charge is 0.221 e. The molecule has 1 fully saturated rings. The van der Waals surface area contributed by atoms with Gasteiger partial charge in [-0.1, -0.05) is 6.42 Å². The highest BCUT2D eigenvalue weighted by Gasteiger charge is 2.09. The van der Waals surface area contributed by atoms with Crippen LogP contribution in [0.25, 0.3) is 0 Å². The minimum atomic E-state index is 0.0736. The van der Waals surface area contributed by atoms with Gasteiger partial charge in [0.2, 0.25) is 5.91 Å². The van der Waals surface area contributed by atoms with Crippen molar-refractivity contribution in [1.29, 1.82) is 0 Å². The third-order valence-corrected chi connectivity index (χ3v) is 2.57. The molecular weight excluding hydrogens is 178 g/mol. The van der Waals surface area contributed by atoms with Crippen molar-refractivity contribution < 1.29 is 4.79 Å². The van der Waals surface area contributed by atoms with Crippen molar-refractivity contribution in [2.75, 3.05) is 32.7 Å². The topological polar surface area (TPSA) is 58.4 Å². The average molecular weight is 199 g/mol. The fourth-order valence-corrected chi connectivity index (χ4v) is 1.76. The number of amides is 1. The van der Waals surface area contributed by atoms with Gasteiger partial charge >= 0.3 is 0 Å². The number of rotatable bonds is 5. The van der Waals surface area contributed by atoms with Crippen LogP contribution in [0, 0.1) is 0 Å². The van der Waals surface area contributed by atoms with Crippen molar-refractivity contribution in [3.8, 4) is 0 Å². The second-order valence-corrected chi connectivity index (χ2v) is 3.79. The fraction of sp³-hybridized carbons (Fsp3) is 0.900. The van der Waals surface area contributed by atoms with Crippen LogP contribution in [0.2, 0.25) is 0 Å². The Morgan fingerprint density at radius 1 is 1.29 bits per heavy atom. The fourth-order valence-electron chi connectivity index (χ4n) is 1.76. The van der Waals surface area contributed by atoms with Crippen LogP contribution in [0.1, 0.15) is 25.7 Å². The Bertz CT molecular complexity index is 167. The number of hydrogen-bond acceptors (Lipinski definition) is 3. The molecule has 0 unspecified atom stereocenters. The van der Waals surface area contributed by atoms with Gasteiger partial charge in [0.15, 0.2) is 0 Å². The number of likely N-dealkylation sites (tertiary alicyclic amines) is 1. The number of carbonyl (C=O) groups is 1. The van der Waals surface area contributed by atoms with Crippen molar-refractivity contribution in [2.45, 2.75) is 25.7 Å². The third kappa shape index (κ3) is 4.58. The molecule has 1 saturated heterocycles. The quantitative estimate of drug-likeness (QED) is 0.652. The van der Waals surface area contributed by atoms with E-state index in [1.165, 1.54) is 32.4 Å². The van der Waals surface area contributed by atoms with Gasteiger partial charge in [-0.3, -0.25) is 4.79 Å². The number of nitrogens with zero attached hydrogens (tertiary/aromatic N) is 1. The molecule has 0 aromatic heterocycles. The van der Waals surface area contributed by atoms with E-state index in [0.29, 0.717) is 13.0 Å². The lowest BCUT2D eigenvalue weighted by Crippen LogP contribution is -2.38. The maximum absolute atomic E-state index is 11.1. The van der Waals surface area contributed by atoms with Gasteiger partial charge in [-0.15, -0.1) is 0 Å². The van der Waals surface area contributed by atoms with E-state index < -0.39 is 0 Å². The molecule has 82 valence electrons. The maximum atomic E-state index is 11.1. The van der Waals surface area contributed by atoms with Crippen LogP contribution in [0.4, 0.5) is 0 Å². The van der Waals surface area contributed by atoms with E-state index in [1.807, 2.05) is 0 Å². The van der Waals surface area contributed by atoms with Crippen molar-refractivity contribution in [3.05, 3.63) is 0 Å². The van der Waals surface area contributed by atoms with Crippen LogP contribution in [-0.4, -0.2) is 43.5 Å². The first kappa shape index (κ1) is 11.5. The van der Waals surface area contributed by atoms with Gasteiger partial charge in [0, 0.05) is 26.1 Å². The predicted molar refractivity (Wildman–Crippen MR) is 57.0 cm³/mol. The molecule has 0 aromatic rings. The summed E-state index contributed by atoms with van der Waals surface area (Å²) in [7, 11) is 0. The van der Waals surface area contributed by atoms with Crippen molar-refractivity contribution in [2.24, 2.45) is 5.73 Å². The van der Waals surface area contributed by atoms with Crippen LogP contribution in [0.3, 0.4) is 0 Å². The third-order valence-electron chi connectivity index (χ3n) is 2.57. The minimum Gasteiger partial charge on any atom is -0.355 e. The highest BCUT2D eigenvalue weighted by molar-refractivity contribution is 5.75. The summed E-state index contributed by atoms with van der Waals surface area (Å²) >= 11 is 0. The van der Waals surface area contributed by atoms with Gasteiger partial charge in [0.25, 0.3) is 0 Å². The average Bonchev–Trinajstić information content (AvgIpc) is 2.20. The zero-order valence-corrected chi connectivity index (χ0v) is 8.80. The number of hydrogen-bond donors (Lipinski definition) is 2. The predicted octanol–water partition coefficient (Wildman–Crippen LogP) is -0.0627. The molecule has 0 aromatic carbocycles. The monoisotopic (exact) mass is 199 g/mol. The minimum absolute atomic E-state index is 0.0736. The molecule has 1 aliphatic rings. The van der Waals surface area contributed by atoms with Crippen LogP contribution < -0.4 is 11.1 Å². The zero-order chi connectivity index (χ0) is 10.2. The first-order valence-corrected chi connectivity index (χ1v) is 5.52. The van der Waals surface area contributed by atoms with E-state index in [-0.39, 0.29) is 5.91 Å². The molecule has 0 atom stereocenters. The zero-order valence-electron chi connectivity index (χ0n) is 8.80. The lowest BCUT2D eigenvalue weighted by atomic mass is 10.1. The molecular formula is C10H21N3O. The van der Waals surface area contributed by atoms with Crippen molar-refractivity contribution >= 4 is 5.91 Å². The summed E-state index contributed by atoms with van der Waals surface area (Å²) in [6, 6.07) is 0. The van der Waals surface area contributed by atoms with Crippen LogP contribution in [-0.2, 0) is 4.79 Å². The first-order valence-electron chi connectivity index (χ1n) is 5.52. The summed E-state index contributed by atoms with van der Waals surface area (Å²) in [6.07, 6.45) is 4.41. The Morgan fingerprint density at radius 3 is 2.64 bits per heavy atom. The molecule has 3 N–H and O–H groups in total. The molecule has 1 amide bonds. The second-order valence-electron chi connectivity index (χ2n) is 3.79. The molecule has 1 aliphatic heterocycles. The summed E-state index contributed by atoms with van der Waals surface area (Å²) in [5, 5.41) is 2.87. The van der Waals surface area contributed by atoms with E-state index in [2.05, 4.69) is 10.2 Å². The number of nitrogens with two attached hydrogens (primary N) is 1. The van der Waals surface area contributed by atoms with Crippen LogP contribution in [0.15, 0.2) is 0 Å². The van der Waals surface area contributed by atoms with Gasteiger partial charge in [-0.25, -0.2) is 0 Å². The highest BCUT2D eigenvalue weighted by Crippen LogP contribution is 2.07. The largest absolute Gasteiger partial charge is 0.355 e. The van der Waals surface area contributed by atoms with E-state index in [0.717, 1.165) is 13.1 Å². The molecule has 0 aliphatic carbocycles. The molecule has 4 heteroatoms. The summed E-state index contributed by atoms with van der Waals surface area (Å²) in [4.78, 5) is 13.5. The Morgan fingerprint density at radius 2 is 2.00 bits per heavy atom. The van der Waals surface area contributed by atoms with E-state index in [4.69, 9.17) is 5.73 Å². The molecule has 14 heavy (non-hydrogen) atoms. The SMILES string of the molecule is NCCC(=O)NCCN1CCCCC1. The standard InChI is InChI=1S/C10H21N3O/c11-5-4-10(14)12-6-9-13-7-2-1-3-8-13/h1-9,11H2,(H,12,14).